The Bertz CT molecular complexity index is 1070. The number of pyridine rings is 1. The number of ketones is 1. The molecule has 3 aromatic rings. The standard InChI is InChI=1S/C23H22F2N2O3S/c1-12-13(2)30-21(9-19(12)28)15-6-7-26-10-14(15)8-20(29)18-11-31-23(27-18)22-16(24)4-3-5-17(22)25/h3-7,10-13,19,21,28H,8-9H2,1-2H3/t12-,13-,19-,21-/m1/s1. The van der Waals surface area contributed by atoms with Gasteiger partial charge in [0.25, 0.3) is 0 Å². The first-order valence-corrected chi connectivity index (χ1v) is 10.9. The summed E-state index contributed by atoms with van der Waals surface area (Å²) in [6.07, 6.45) is 2.73. The van der Waals surface area contributed by atoms with Crippen LogP contribution in [0.5, 0.6) is 0 Å². The number of rotatable bonds is 5. The monoisotopic (exact) mass is 444 g/mol. The van der Waals surface area contributed by atoms with Gasteiger partial charge in [0.15, 0.2) is 5.78 Å². The van der Waals surface area contributed by atoms with E-state index >= 15 is 0 Å². The van der Waals surface area contributed by atoms with Crippen molar-refractivity contribution in [2.75, 3.05) is 0 Å². The molecule has 8 heteroatoms. The van der Waals surface area contributed by atoms with Crippen molar-refractivity contribution in [3.63, 3.8) is 0 Å². The molecule has 1 saturated heterocycles. The van der Waals surface area contributed by atoms with E-state index in [0.29, 0.717) is 12.0 Å². The second-order valence-electron chi connectivity index (χ2n) is 7.80. The van der Waals surface area contributed by atoms with Crippen LogP contribution in [0.4, 0.5) is 8.78 Å². The van der Waals surface area contributed by atoms with Gasteiger partial charge >= 0.3 is 0 Å². The molecular weight excluding hydrogens is 422 g/mol. The molecule has 1 aliphatic rings. The van der Waals surface area contributed by atoms with Gasteiger partial charge in [0, 0.05) is 36.5 Å². The number of benzene rings is 1. The molecule has 0 radical (unpaired) electrons. The maximum atomic E-state index is 14.0. The molecule has 4 rings (SSSR count). The highest BCUT2D eigenvalue weighted by Crippen LogP contribution is 2.36. The van der Waals surface area contributed by atoms with Crippen molar-refractivity contribution in [1.82, 2.24) is 9.97 Å². The summed E-state index contributed by atoms with van der Waals surface area (Å²) in [4.78, 5) is 21.2. The topological polar surface area (TPSA) is 72.3 Å². The number of carbonyl (C=O) groups is 1. The molecule has 0 saturated carbocycles. The summed E-state index contributed by atoms with van der Waals surface area (Å²) in [6.45, 7) is 3.87. The highest BCUT2D eigenvalue weighted by Gasteiger charge is 2.34. The van der Waals surface area contributed by atoms with E-state index in [1.54, 1.807) is 18.5 Å². The van der Waals surface area contributed by atoms with E-state index in [1.807, 2.05) is 13.8 Å². The lowest BCUT2D eigenvalue weighted by Crippen LogP contribution is -2.38. The third kappa shape index (κ3) is 4.42. The molecule has 0 spiro atoms. The molecule has 3 heterocycles. The van der Waals surface area contributed by atoms with E-state index in [2.05, 4.69) is 9.97 Å². The van der Waals surface area contributed by atoms with Gasteiger partial charge in [0.1, 0.15) is 22.3 Å². The zero-order valence-corrected chi connectivity index (χ0v) is 17.9. The third-order valence-electron chi connectivity index (χ3n) is 5.79. The van der Waals surface area contributed by atoms with Gasteiger partial charge in [-0.3, -0.25) is 9.78 Å². The van der Waals surface area contributed by atoms with E-state index in [4.69, 9.17) is 4.74 Å². The van der Waals surface area contributed by atoms with Crippen molar-refractivity contribution in [3.05, 3.63) is 70.5 Å². The minimum atomic E-state index is -0.723. The summed E-state index contributed by atoms with van der Waals surface area (Å²) >= 11 is 1.02. The first kappa shape index (κ1) is 21.7. The Labute approximate surface area is 182 Å². The van der Waals surface area contributed by atoms with Crippen LogP contribution >= 0.6 is 11.3 Å². The van der Waals surface area contributed by atoms with Crippen LogP contribution in [-0.4, -0.2) is 33.1 Å². The number of aliphatic hydroxyl groups excluding tert-OH is 1. The van der Waals surface area contributed by atoms with Gasteiger partial charge in [-0.25, -0.2) is 13.8 Å². The van der Waals surface area contributed by atoms with E-state index in [0.717, 1.165) is 29.0 Å². The third-order valence-corrected chi connectivity index (χ3v) is 6.65. The highest BCUT2D eigenvalue weighted by molar-refractivity contribution is 7.13. The summed E-state index contributed by atoms with van der Waals surface area (Å²) in [7, 11) is 0. The number of hydrogen-bond donors (Lipinski definition) is 1. The number of nitrogens with zero attached hydrogens (tertiary/aromatic N) is 2. The second kappa shape index (κ2) is 8.90. The number of carbonyl (C=O) groups excluding carboxylic acids is 1. The molecule has 162 valence electrons. The maximum absolute atomic E-state index is 14.0. The van der Waals surface area contributed by atoms with Crippen LogP contribution in [0, 0.1) is 17.6 Å². The second-order valence-corrected chi connectivity index (χ2v) is 8.66. The summed E-state index contributed by atoms with van der Waals surface area (Å²) in [6, 6.07) is 5.39. The molecule has 1 aromatic carbocycles. The lowest BCUT2D eigenvalue weighted by atomic mass is 9.87. The minimum Gasteiger partial charge on any atom is -0.393 e. The van der Waals surface area contributed by atoms with Crippen LogP contribution in [0.1, 0.15) is 48.0 Å². The molecule has 1 fully saturated rings. The van der Waals surface area contributed by atoms with E-state index in [9.17, 15) is 18.7 Å². The Hall–Kier alpha value is -2.55. The highest BCUT2D eigenvalue weighted by atomic mass is 32.1. The molecule has 0 bridgehead atoms. The van der Waals surface area contributed by atoms with Crippen molar-refractivity contribution < 1.29 is 23.4 Å². The largest absolute Gasteiger partial charge is 0.393 e. The van der Waals surface area contributed by atoms with Crippen LogP contribution in [0.3, 0.4) is 0 Å². The summed E-state index contributed by atoms with van der Waals surface area (Å²) in [5, 5.41) is 12.0. The van der Waals surface area contributed by atoms with Crippen molar-refractivity contribution >= 4 is 17.1 Å². The van der Waals surface area contributed by atoms with Crippen molar-refractivity contribution in [1.29, 1.82) is 0 Å². The first-order chi connectivity index (χ1) is 14.8. The Balaban J connectivity index is 1.56. The molecule has 0 aliphatic carbocycles. The van der Waals surface area contributed by atoms with Gasteiger partial charge in [-0.15, -0.1) is 11.3 Å². The Morgan fingerprint density at radius 1 is 1.26 bits per heavy atom. The van der Waals surface area contributed by atoms with Crippen molar-refractivity contribution in [2.45, 2.75) is 45.0 Å². The molecule has 5 nitrogen and oxygen atoms in total. The number of thiazole rings is 1. The number of aliphatic hydroxyl groups is 1. The molecule has 1 aliphatic heterocycles. The van der Waals surface area contributed by atoms with Crippen molar-refractivity contribution in [3.8, 4) is 10.6 Å². The first-order valence-electron chi connectivity index (χ1n) is 10.0. The fourth-order valence-corrected chi connectivity index (χ4v) is 4.64. The SMILES string of the molecule is C[C@H]1[C@H](O)C[C@H](c2ccncc2CC(=O)c2csc(-c3c(F)cccc3F)n2)O[C@@H]1C. The van der Waals surface area contributed by atoms with E-state index < -0.39 is 17.7 Å². The normalized spacial score (nSPS) is 23.6. The fraction of sp³-hybridized carbons (Fsp3) is 0.348. The zero-order valence-electron chi connectivity index (χ0n) is 17.1. The number of ether oxygens (including phenoxy) is 1. The molecular formula is C23H22F2N2O3S. The van der Waals surface area contributed by atoms with Gasteiger partial charge in [-0.05, 0) is 36.2 Å². The van der Waals surface area contributed by atoms with Gasteiger partial charge in [-0.1, -0.05) is 13.0 Å². The molecule has 4 atom stereocenters. The quantitative estimate of drug-likeness (QED) is 0.575. The number of aromatic nitrogens is 2. The summed E-state index contributed by atoms with van der Waals surface area (Å²) in [5.74, 6) is -1.71. The number of hydrogen-bond acceptors (Lipinski definition) is 6. The Morgan fingerprint density at radius 3 is 2.71 bits per heavy atom. The van der Waals surface area contributed by atoms with E-state index in [-0.39, 0.29) is 46.6 Å². The van der Waals surface area contributed by atoms with Crippen LogP contribution < -0.4 is 0 Å². The van der Waals surface area contributed by atoms with Crippen LogP contribution in [0.2, 0.25) is 0 Å². The van der Waals surface area contributed by atoms with Gasteiger partial charge in [0.2, 0.25) is 0 Å². The minimum absolute atomic E-state index is 0.0198. The van der Waals surface area contributed by atoms with Crippen LogP contribution in [0.25, 0.3) is 10.6 Å². The van der Waals surface area contributed by atoms with Crippen molar-refractivity contribution in [2.24, 2.45) is 5.92 Å². The number of halogens is 2. The van der Waals surface area contributed by atoms with Gasteiger partial charge < -0.3 is 9.84 Å². The molecule has 31 heavy (non-hydrogen) atoms. The zero-order chi connectivity index (χ0) is 22.1. The molecule has 1 N–H and O–H groups in total. The predicted octanol–water partition coefficient (Wildman–Crippen LogP) is 4.76. The maximum Gasteiger partial charge on any atom is 0.186 e. The average Bonchev–Trinajstić information content (AvgIpc) is 3.22. The molecule has 0 unspecified atom stereocenters. The lowest BCUT2D eigenvalue weighted by molar-refractivity contribution is -0.125. The smallest absolute Gasteiger partial charge is 0.186 e. The predicted molar refractivity (Wildman–Crippen MR) is 113 cm³/mol. The van der Waals surface area contributed by atoms with Gasteiger partial charge in [0.05, 0.1) is 23.9 Å². The average molecular weight is 445 g/mol. The van der Waals surface area contributed by atoms with Crippen LogP contribution in [-0.2, 0) is 11.2 Å². The van der Waals surface area contributed by atoms with Crippen LogP contribution in [0.15, 0.2) is 42.0 Å². The number of Topliss-reactive ketones (excluding diaryl/α,β-unsaturated/α-hetero) is 1. The lowest BCUT2D eigenvalue weighted by Gasteiger charge is -2.37. The van der Waals surface area contributed by atoms with Gasteiger partial charge in [-0.2, -0.15) is 0 Å². The molecule has 0 amide bonds. The molecule has 2 aromatic heterocycles. The fourth-order valence-electron chi connectivity index (χ4n) is 3.77. The summed E-state index contributed by atoms with van der Waals surface area (Å²) < 4.78 is 34.2. The summed E-state index contributed by atoms with van der Waals surface area (Å²) in [5.41, 5.74) is 1.39. The van der Waals surface area contributed by atoms with E-state index in [1.165, 1.54) is 11.4 Å². The Morgan fingerprint density at radius 2 is 2.00 bits per heavy atom. The Kier molecular flexibility index (Phi) is 6.22.